The summed E-state index contributed by atoms with van der Waals surface area (Å²) in [6.45, 7) is 5.50. The van der Waals surface area contributed by atoms with Crippen molar-refractivity contribution >= 4 is 29.3 Å². The fraction of sp³-hybridized carbons (Fsp3) is 0.312. The molecule has 7 heteroatoms. The number of nitrogens with one attached hydrogen (secondary N) is 1. The summed E-state index contributed by atoms with van der Waals surface area (Å²) in [4.78, 5) is 23.2. The van der Waals surface area contributed by atoms with Gasteiger partial charge in [0.15, 0.2) is 0 Å². The van der Waals surface area contributed by atoms with Crippen LogP contribution in [-0.4, -0.2) is 27.9 Å². The first-order valence-corrected chi connectivity index (χ1v) is 8.17. The third kappa shape index (κ3) is 4.35. The Balaban J connectivity index is 1.94. The molecule has 2 aromatic rings. The molecule has 0 atom stereocenters. The number of amides is 1. The lowest BCUT2D eigenvalue weighted by atomic mass is 10.1. The molecule has 1 heterocycles. The molecule has 6 nitrogen and oxygen atoms in total. The van der Waals surface area contributed by atoms with Crippen LogP contribution in [0.2, 0.25) is 0 Å². The zero-order chi connectivity index (χ0) is 17.0. The van der Waals surface area contributed by atoms with E-state index < -0.39 is 5.97 Å². The van der Waals surface area contributed by atoms with Crippen molar-refractivity contribution in [3.8, 4) is 0 Å². The molecule has 0 bridgehead atoms. The van der Waals surface area contributed by atoms with Crippen molar-refractivity contribution in [3.63, 3.8) is 0 Å². The van der Waals surface area contributed by atoms with E-state index in [9.17, 15) is 14.7 Å². The van der Waals surface area contributed by atoms with Crippen molar-refractivity contribution in [1.82, 2.24) is 5.16 Å². The highest BCUT2D eigenvalue weighted by Crippen LogP contribution is 2.21. The summed E-state index contributed by atoms with van der Waals surface area (Å²) in [7, 11) is 0. The summed E-state index contributed by atoms with van der Waals surface area (Å²) in [6, 6.07) is 4.91. The van der Waals surface area contributed by atoms with Gasteiger partial charge in [-0.15, -0.1) is 11.8 Å². The lowest BCUT2D eigenvalue weighted by molar-refractivity contribution is -0.113. The summed E-state index contributed by atoms with van der Waals surface area (Å²) in [5.41, 5.74) is 3.04. The molecule has 0 aliphatic heterocycles. The molecule has 0 fully saturated rings. The summed E-state index contributed by atoms with van der Waals surface area (Å²) in [6.07, 6.45) is 0. The Kier molecular flexibility index (Phi) is 5.44. The molecular weight excluding hydrogens is 316 g/mol. The van der Waals surface area contributed by atoms with Gasteiger partial charge < -0.3 is 14.9 Å². The van der Waals surface area contributed by atoms with E-state index in [0.29, 0.717) is 11.4 Å². The smallest absolute Gasteiger partial charge is 0.337 e. The number of nitrogens with zero attached hydrogens (tertiary/aromatic N) is 1. The topological polar surface area (TPSA) is 92.4 Å². The number of aromatic carboxylic acids is 1. The number of carbonyl (C=O) groups excluding carboxylic acids is 1. The minimum absolute atomic E-state index is 0.0917. The maximum atomic E-state index is 12.0. The quantitative estimate of drug-likeness (QED) is 0.843. The van der Waals surface area contributed by atoms with Crippen LogP contribution in [0.15, 0.2) is 22.7 Å². The number of carboxylic acids is 1. The lowest BCUT2D eigenvalue weighted by Gasteiger charge is -2.09. The Hall–Kier alpha value is -2.28. The molecule has 0 saturated heterocycles. The van der Waals surface area contributed by atoms with Gasteiger partial charge in [-0.3, -0.25) is 4.79 Å². The number of rotatable bonds is 6. The summed E-state index contributed by atoms with van der Waals surface area (Å²) in [5, 5.41) is 15.7. The SMILES string of the molecule is Cc1ccc(NC(=O)CSCc2c(C)noc2C)c(C(=O)O)c1. The molecule has 0 unspecified atom stereocenters. The van der Waals surface area contributed by atoms with Crippen LogP contribution in [-0.2, 0) is 10.5 Å². The molecule has 0 saturated carbocycles. The zero-order valence-electron chi connectivity index (χ0n) is 13.2. The van der Waals surface area contributed by atoms with Crippen LogP contribution in [0.25, 0.3) is 0 Å². The van der Waals surface area contributed by atoms with E-state index >= 15 is 0 Å². The maximum absolute atomic E-state index is 12.0. The number of carboxylic acid groups (broad SMARTS) is 1. The Morgan fingerprint density at radius 2 is 2.04 bits per heavy atom. The molecule has 122 valence electrons. The van der Waals surface area contributed by atoms with Crippen molar-refractivity contribution in [3.05, 3.63) is 46.3 Å². The highest BCUT2D eigenvalue weighted by molar-refractivity contribution is 7.99. The zero-order valence-corrected chi connectivity index (χ0v) is 14.0. The fourth-order valence-corrected chi connectivity index (χ4v) is 3.06. The van der Waals surface area contributed by atoms with Gasteiger partial charge in [-0.1, -0.05) is 16.8 Å². The van der Waals surface area contributed by atoms with Crippen molar-refractivity contribution in [2.45, 2.75) is 26.5 Å². The van der Waals surface area contributed by atoms with Crippen LogP contribution in [0, 0.1) is 20.8 Å². The van der Waals surface area contributed by atoms with E-state index in [-0.39, 0.29) is 17.2 Å². The van der Waals surface area contributed by atoms with Crippen LogP contribution in [0.5, 0.6) is 0 Å². The first-order chi connectivity index (χ1) is 10.9. The van der Waals surface area contributed by atoms with Crippen molar-refractivity contribution in [1.29, 1.82) is 0 Å². The monoisotopic (exact) mass is 334 g/mol. The first kappa shape index (κ1) is 17.1. The van der Waals surface area contributed by atoms with E-state index in [2.05, 4.69) is 10.5 Å². The van der Waals surface area contributed by atoms with E-state index in [1.807, 2.05) is 13.8 Å². The molecule has 0 aliphatic rings. The number of aromatic nitrogens is 1. The summed E-state index contributed by atoms with van der Waals surface area (Å²) in [5.74, 6) is 0.285. The van der Waals surface area contributed by atoms with E-state index in [1.165, 1.54) is 17.8 Å². The van der Waals surface area contributed by atoms with Crippen molar-refractivity contribution < 1.29 is 19.2 Å². The van der Waals surface area contributed by atoms with Crippen LogP contribution in [0.1, 0.15) is 32.9 Å². The van der Waals surface area contributed by atoms with Crippen LogP contribution >= 0.6 is 11.8 Å². The molecule has 1 aromatic heterocycles. The predicted octanol–water partition coefficient (Wildman–Crippen LogP) is 3.17. The third-order valence-corrected chi connectivity index (χ3v) is 4.30. The molecule has 2 rings (SSSR count). The molecular formula is C16H18N2O4S. The van der Waals surface area contributed by atoms with E-state index in [1.54, 1.807) is 19.1 Å². The van der Waals surface area contributed by atoms with Crippen LogP contribution < -0.4 is 5.32 Å². The second kappa shape index (κ2) is 7.32. The van der Waals surface area contributed by atoms with Crippen molar-refractivity contribution in [2.75, 3.05) is 11.1 Å². The molecule has 0 spiro atoms. The average molecular weight is 334 g/mol. The normalized spacial score (nSPS) is 10.6. The number of hydrogen-bond donors (Lipinski definition) is 2. The van der Waals surface area contributed by atoms with Gasteiger partial charge in [-0.25, -0.2) is 4.79 Å². The highest BCUT2D eigenvalue weighted by Gasteiger charge is 2.14. The third-order valence-electron chi connectivity index (χ3n) is 3.34. The van der Waals surface area contributed by atoms with Gasteiger partial charge in [0, 0.05) is 11.3 Å². The lowest BCUT2D eigenvalue weighted by Crippen LogP contribution is -2.16. The van der Waals surface area contributed by atoms with Crippen molar-refractivity contribution in [2.24, 2.45) is 0 Å². The van der Waals surface area contributed by atoms with Crippen LogP contribution in [0.4, 0.5) is 5.69 Å². The molecule has 1 aromatic carbocycles. The van der Waals surface area contributed by atoms with Gasteiger partial charge in [0.1, 0.15) is 5.76 Å². The predicted molar refractivity (Wildman–Crippen MR) is 88.9 cm³/mol. The largest absolute Gasteiger partial charge is 0.478 e. The van der Waals surface area contributed by atoms with Gasteiger partial charge in [-0.05, 0) is 32.9 Å². The van der Waals surface area contributed by atoms with E-state index in [0.717, 1.165) is 22.6 Å². The first-order valence-electron chi connectivity index (χ1n) is 7.01. The minimum Gasteiger partial charge on any atom is -0.478 e. The van der Waals surface area contributed by atoms with Gasteiger partial charge in [-0.2, -0.15) is 0 Å². The second-order valence-corrected chi connectivity index (χ2v) is 6.18. The fourth-order valence-electron chi connectivity index (χ4n) is 2.08. The Morgan fingerprint density at radius 3 is 2.65 bits per heavy atom. The number of benzene rings is 1. The number of hydrogen-bond acceptors (Lipinski definition) is 5. The van der Waals surface area contributed by atoms with Gasteiger partial charge in [0.05, 0.1) is 22.7 Å². The number of carbonyl (C=O) groups is 2. The molecule has 0 aliphatic carbocycles. The summed E-state index contributed by atoms with van der Waals surface area (Å²) >= 11 is 1.42. The molecule has 2 N–H and O–H groups in total. The van der Waals surface area contributed by atoms with Gasteiger partial charge in [0.2, 0.25) is 5.91 Å². The Bertz CT molecular complexity index is 720. The van der Waals surface area contributed by atoms with Crippen LogP contribution in [0.3, 0.4) is 0 Å². The second-order valence-electron chi connectivity index (χ2n) is 5.20. The molecule has 1 amide bonds. The Labute approximate surface area is 138 Å². The molecule has 0 radical (unpaired) electrons. The van der Waals surface area contributed by atoms with Gasteiger partial charge >= 0.3 is 5.97 Å². The maximum Gasteiger partial charge on any atom is 0.337 e. The minimum atomic E-state index is -1.06. The molecule has 23 heavy (non-hydrogen) atoms. The standard InChI is InChI=1S/C16H18N2O4S/c1-9-4-5-14(12(6-9)16(20)21)17-15(19)8-23-7-13-10(2)18-22-11(13)3/h4-6H,7-8H2,1-3H3,(H,17,19)(H,20,21). The number of anilines is 1. The summed E-state index contributed by atoms with van der Waals surface area (Å²) < 4.78 is 5.07. The van der Waals surface area contributed by atoms with Gasteiger partial charge in [0.25, 0.3) is 0 Å². The number of thioether (sulfide) groups is 1. The Morgan fingerprint density at radius 1 is 1.30 bits per heavy atom. The average Bonchev–Trinajstić information content (AvgIpc) is 2.80. The van der Waals surface area contributed by atoms with E-state index in [4.69, 9.17) is 4.52 Å². The number of aryl methyl sites for hydroxylation is 3. The highest BCUT2D eigenvalue weighted by atomic mass is 32.2.